The summed E-state index contributed by atoms with van der Waals surface area (Å²) in [5.41, 5.74) is 0.962. The number of anilines is 1. The van der Waals surface area contributed by atoms with Gasteiger partial charge in [0, 0.05) is 18.0 Å². The van der Waals surface area contributed by atoms with Crippen molar-refractivity contribution in [2.24, 2.45) is 5.92 Å². The van der Waals surface area contributed by atoms with Crippen LogP contribution in [0.4, 0.5) is 9.93 Å². The number of amides is 2. The van der Waals surface area contributed by atoms with Gasteiger partial charge < -0.3 is 4.90 Å². The minimum absolute atomic E-state index is 0.0189. The maximum absolute atomic E-state index is 12.6. The molecule has 0 bridgehead atoms. The highest BCUT2D eigenvalue weighted by Gasteiger charge is 2.40. The zero-order valence-electron chi connectivity index (χ0n) is 14.7. The number of nitrogens with one attached hydrogen (secondary N) is 1. The number of hydrogen-bond acceptors (Lipinski definition) is 4. The van der Waals surface area contributed by atoms with E-state index >= 15 is 0 Å². The zero-order chi connectivity index (χ0) is 17.4. The Morgan fingerprint density at radius 1 is 1.20 bits per heavy atom. The summed E-state index contributed by atoms with van der Waals surface area (Å²) in [5, 5.41) is 13.0. The zero-order valence-corrected chi connectivity index (χ0v) is 15.6. The van der Waals surface area contributed by atoms with Gasteiger partial charge in [0.25, 0.3) is 0 Å². The molecule has 2 aliphatic rings. The number of likely N-dealkylation sites (tertiary alicyclic amines) is 1. The van der Waals surface area contributed by atoms with Crippen LogP contribution in [0.2, 0.25) is 0 Å². The first-order valence-electron chi connectivity index (χ1n) is 9.03. The van der Waals surface area contributed by atoms with Crippen LogP contribution in [0.1, 0.15) is 50.1 Å². The number of urea groups is 1. The van der Waals surface area contributed by atoms with E-state index in [2.05, 4.69) is 41.5 Å². The van der Waals surface area contributed by atoms with Crippen molar-refractivity contribution in [2.45, 2.75) is 51.0 Å². The van der Waals surface area contributed by atoms with Crippen LogP contribution in [-0.2, 0) is 5.41 Å². The summed E-state index contributed by atoms with van der Waals surface area (Å²) in [6.07, 6.45) is 4.78. The quantitative estimate of drug-likeness (QED) is 0.890. The standard InChI is InChI=1S/C19H24N4OS/c1-19(2,14-7-4-3-5-8-14)16-21-22-17(25-16)20-18(24)23-12-6-9-15(23)13-10-11-13/h3-5,7-8,13,15H,6,9-12H2,1-2H3,(H,20,22,24). The molecule has 1 N–H and O–H groups in total. The van der Waals surface area contributed by atoms with Gasteiger partial charge in [-0.05, 0) is 51.0 Å². The van der Waals surface area contributed by atoms with Gasteiger partial charge in [0.1, 0.15) is 5.01 Å². The van der Waals surface area contributed by atoms with Crippen molar-refractivity contribution in [2.75, 3.05) is 11.9 Å². The molecule has 5 nitrogen and oxygen atoms in total. The maximum atomic E-state index is 12.6. The largest absolute Gasteiger partial charge is 0.323 e. The Balaban J connectivity index is 1.47. The fourth-order valence-corrected chi connectivity index (χ4v) is 4.54. The fraction of sp³-hybridized carbons (Fsp3) is 0.526. The lowest BCUT2D eigenvalue weighted by Gasteiger charge is -2.24. The van der Waals surface area contributed by atoms with Crippen LogP contribution in [0.15, 0.2) is 30.3 Å². The molecule has 2 fully saturated rings. The Kier molecular flexibility index (Phi) is 4.23. The van der Waals surface area contributed by atoms with Crippen LogP contribution >= 0.6 is 11.3 Å². The van der Waals surface area contributed by atoms with Crippen molar-refractivity contribution in [3.8, 4) is 0 Å². The molecule has 2 amide bonds. The Bertz CT molecular complexity index is 754. The molecule has 1 aliphatic carbocycles. The van der Waals surface area contributed by atoms with E-state index < -0.39 is 0 Å². The number of carbonyl (C=O) groups is 1. The summed E-state index contributed by atoms with van der Waals surface area (Å²) in [6, 6.07) is 10.7. The first-order valence-corrected chi connectivity index (χ1v) is 9.84. The fourth-order valence-electron chi connectivity index (χ4n) is 3.68. The average Bonchev–Trinajstić information content (AvgIpc) is 3.15. The minimum Gasteiger partial charge on any atom is -0.321 e. The monoisotopic (exact) mass is 356 g/mol. The molecule has 4 rings (SSSR count). The van der Waals surface area contributed by atoms with E-state index in [0.717, 1.165) is 30.3 Å². The van der Waals surface area contributed by atoms with E-state index in [9.17, 15) is 4.79 Å². The summed E-state index contributed by atoms with van der Waals surface area (Å²) in [7, 11) is 0. The van der Waals surface area contributed by atoms with Gasteiger partial charge in [-0.25, -0.2) is 4.79 Å². The normalized spacial score (nSPS) is 20.7. The summed E-state index contributed by atoms with van der Waals surface area (Å²) >= 11 is 1.47. The van der Waals surface area contributed by atoms with Crippen LogP contribution in [-0.4, -0.2) is 33.7 Å². The molecule has 1 aromatic carbocycles. The minimum atomic E-state index is -0.230. The number of rotatable bonds is 4. The second kappa shape index (κ2) is 6.41. The van der Waals surface area contributed by atoms with Crippen molar-refractivity contribution >= 4 is 22.5 Å². The maximum Gasteiger partial charge on any atom is 0.323 e. The lowest BCUT2D eigenvalue weighted by molar-refractivity contribution is 0.200. The van der Waals surface area contributed by atoms with Gasteiger partial charge in [-0.1, -0.05) is 41.7 Å². The molecule has 25 heavy (non-hydrogen) atoms. The Labute approximate surface area is 152 Å². The molecule has 0 spiro atoms. The highest BCUT2D eigenvalue weighted by atomic mass is 32.1. The third-order valence-corrected chi connectivity index (χ3v) is 6.56. The second-order valence-corrected chi connectivity index (χ2v) is 8.55. The molecule has 2 aromatic rings. The Morgan fingerprint density at radius 2 is 1.96 bits per heavy atom. The van der Waals surface area contributed by atoms with Crippen LogP contribution < -0.4 is 5.32 Å². The van der Waals surface area contributed by atoms with Crippen molar-refractivity contribution in [3.63, 3.8) is 0 Å². The predicted molar refractivity (Wildman–Crippen MR) is 99.9 cm³/mol. The first-order chi connectivity index (χ1) is 12.1. The first kappa shape index (κ1) is 16.5. The van der Waals surface area contributed by atoms with E-state index in [1.165, 1.54) is 29.7 Å². The molecule has 1 aromatic heterocycles. The SMILES string of the molecule is CC(C)(c1ccccc1)c1nnc(NC(=O)N2CCCC2C2CC2)s1. The van der Waals surface area contributed by atoms with E-state index in [1.807, 2.05) is 23.1 Å². The van der Waals surface area contributed by atoms with Gasteiger partial charge in [0.15, 0.2) is 0 Å². The molecular formula is C19H24N4OS. The van der Waals surface area contributed by atoms with Crippen LogP contribution in [0, 0.1) is 5.92 Å². The van der Waals surface area contributed by atoms with Gasteiger partial charge in [-0.3, -0.25) is 5.32 Å². The van der Waals surface area contributed by atoms with E-state index in [-0.39, 0.29) is 11.4 Å². The molecule has 0 radical (unpaired) electrons. The molecule has 1 saturated heterocycles. The van der Waals surface area contributed by atoms with Gasteiger partial charge in [-0.15, -0.1) is 10.2 Å². The van der Waals surface area contributed by atoms with Gasteiger partial charge in [-0.2, -0.15) is 0 Å². The van der Waals surface area contributed by atoms with E-state index in [0.29, 0.717) is 11.2 Å². The van der Waals surface area contributed by atoms with Crippen molar-refractivity contribution < 1.29 is 4.79 Å². The molecule has 2 heterocycles. The number of carbonyl (C=O) groups excluding carboxylic acids is 1. The summed E-state index contributed by atoms with van der Waals surface area (Å²) in [6.45, 7) is 5.13. The predicted octanol–water partition coefficient (Wildman–Crippen LogP) is 4.27. The topological polar surface area (TPSA) is 58.1 Å². The van der Waals surface area contributed by atoms with Crippen molar-refractivity contribution in [3.05, 3.63) is 40.9 Å². The van der Waals surface area contributed by atoms with Gasteiger partial charge >= 0.3 is 6.03 Å². The van der Waals surface area contributed by atoms with Crippen molar-refractivity contribution in [1.29, 1.82) is 0 Å². The third-order valence-electron chi connectivity index (χ3n) is 5.40. The van der Waals surface area contributed by atoms with Gasteiger partial charge in [0.05, 0.1) is 0 Å². The summed E-state index contributed by atoms with van der Waals surface area (Å²) < 4.78 is 0. The molecule has 1 unspecified atom stereocenters. The third kappa shape index (κ3) is 3.27. The van der Waals surface area contributed by atoms with Crippen LogP contribution in [0.25, 0.3) is 0 Å². The number of hydrogen-bond donors (Lipinski definition) is 1. The smallest absolute Gasteiger partial charge is 0.321 e. The lowest BCUT2D eigenvalue weighted by Crippen LogP contribution is -2.39. The van der Waals surface area contributed by atoms with E-state index in [1.54, 1.807) is 0 Å². The van der Waals surface area contributed by atoms with Crippen LogP contribution in [0.3, 0.4) is 0 Å². The van der Waals surface area contributed by atoms with E-state index in [4.69, 9.17) is 0 Å². The number of benzene rings is 1. The molecule has 1 saturated carbocycles. The number of nitrogens with zero attached hydrogens (tertiary/aromatic N) is 3. The molecular weight excluding hydrogens is 332 g/mol. The van der Waals surface area contributed by atoms with Crippen LogP contribution in [0.5, 0.6) is 0 Å². The highest BCUT2D eigenvalue weighted by molar-refractivity contribution is 7.15. The second-order valence-electron chi connectivity index (χ2n) is 7.57. The number of aromatic nitrogens is 2. The lowest BCUT2D eigenvalue weighted by atomic mass is 9.85. The molecule has 1 atom stereocenters. The van der Waals surface area contributed by atoms with Crippen molar-refractivity contribution in [1.82, 2.24) is 15.1 Å². The molecule has 1 aliphatic heterocycles. The molecule has 132 valence electrons. The Hall–Kier alpha value is -1.95. The molecule has 6 heteroatoms. The summed E-state index contributed by atoms with van der Waals surface area (Å²) in [4.78, 5) is 14.6. The van der Waals surface area contributed by atoms with Gasteiger partial charge in [0.2, 0.25) is 5.13 Å². The highest BCUT2D eigenvalue weighted by Crippen LogP contribution is 2.40. The Morgan fingerprint density at radius 3 is 2.68 bits per heavy atom. The summed E-state index contributed by atoms with van der Waals surface area (Å²) in [5.74, 6) is 0.718. The average molecular weight is 356 g/mol.